The highest BCUT2D eigenvalue weighted by Crippen LogP contribution is 2.14. The molecule has 2 aromatic rings. The molecule has 1 saturated heterocycles. The Balaban J connectivity index is 2.02. The summed E-state index contributed by atoms with van der Waals surface area (Å²) in [5.74, 6) is 0.911. The summed E-state index contributed by atoms with van der Waals surface area (Å²) < 4.78 is 7.32. The summed E-state index contributed by atoms with van der Waals surface area (Å²) in [5, 5.41) is 8.33. The first-order valence-corrected chi connectivity index (χ1v) is 5.07. The molecule has 0 saturated carbocycles. The third kappa shape index (κ3) is 1.45. The van der Waals surface area contributed by atoms with Crippen molar-refractivity contribution in [2.75, 3.05) is 31.2 Å². The average molecular weight is 204 g/mol. The van der Waals surface area contributed by atoms with Gasteiger partial charge in [0.05, 0.1) is 13.2 Å². The molecule has 1 aliphatic heterocycles. The molecule has 0 unspecified atom stereocenters. The van der Waals surface area contributed by atoms with Crippen LogP contribution in [0, 0.1) is 0 Å². The Morgan fingerprint density at radius 2 is 2.00 bits per heavy atom. The number of aromatic nitrogens is 3. The largest absolute Gasteiger partial charge is 0.378 e. The topological polar surface area (TPSA) is 42.7 Å². The van der Waals surface area contributed by atoms with Gasteiger partial charge in [-0.25, -0.2) is 0 Å². The molecular formula is C10H12N4O. The predicted molar refractivity (Wildman–Crippen MR) is 56.0 cm³/mol. The van der Waals surface area contributed by atoms with Crippen molar-refractivity contribution in [2.45, 2.75) is 0 Å². The van der Waals surface area contributed by atoms with Crippen LogP contribution in [0.4, 0.5) is 5.95 Å². The van der Waals surface area contributed by atoms with Crippen molar-refractivity contribution in [1.29, 1.82) is 0 Å². The molecule has 0 aliphatic carbocycles. The highest BCUT2D eigenvalue weighted by molar-refractivity contribution is 5.46. The number of nitrogens with zero attached hydrogens (tertiary/aromatic N) is 4. The van der Waals surface area contributed by atoms with Crippen molar-refractivity contribution in [2.24, 2.45) is 0 Å². The number of hydrogen-bond donors (Lipinski definition) is 0. The van der Waals surface area contributed by atoms with E-state index in [1.165, 1.54) is 0 Å². The van der Waals surface area contributed by atoms with Gasteiger partial charge in [-0.3, -0.25) is 4.40 Å². The summed E-state index contributed by atoms with van der Waals surface area (Å²) in [4.78, 5) is 2.20. The molecule has 1 fully saturated rings. The van der Waals surface area contributed by atoms with Crippen LogP contribution in [-0.4, -0.2) is 40.9 Å². The number of hydrogen-bond acceptors (Lipinski definition) is 4. The van der Waals surface area contributed by atoms with Crippen LogP contribution in [-0.2, 0) is 4.74 Å². The zero-order chi connectivity index (χ0) is 10.1. The van der Waals surface area contributed by atoms with E-state index in [1.807, 2.05) is 28.8 Å². The molecule has 3 rings (SSSR count). The van der Waals surface area contributed by atoms with Gasteiger partial charge in [-0.15, -0.1) is 10.2 Å². The number of fused-ring (bicyclic) bond motifs is 1. The van der Waals surface area contributed by atoms with Crippen LogP contribution in [0.25, 0.3) is 5.65 Å². The Hall–Kier alpha value is -1.62. The minimum absolute atomic E-state index is 0.766. The molecule has 0 aromatic carbocycles. The number of anilines is 1. The first kappa shape index (κ1) is 8.67. The normalized spacial score (nSPS) is 17.2. The molecule has 0 amide bonds. The fourth-order valence-electron chi connectivity index (χ4n) is 1.81. The van der Waals surface area contributed by atoms with Crippen LogP contribution in [0.15, 0.2) is 24.4 Å². The van der Waals surface area contributed by atoms with Crippen molar-refractivity contribution in [1.82, 2.24) is 14.6 Å². The Kier molecular flexibility index (Phi) is 2.03. The van der Waals surface area contributed by atoms with Crippen LogP contribution in [0.1, 0.15) is 0 Å². The van der Waals surface area contributed by atoms with E-state index < -0.39 is 0 Å². The van der Waals surface area contributed by atoms with Crippen molar-refractivity contribution < 1.29 is 4.74 Å². The fourth-order valence-corrected chi connectivity index (χ4v) is 1.81. The average Bonchev–Trinajstić information content (AvgIpc) is 2.74. The van der Waals surface area contributed by atoms with E-state index in [9.17, 15) is 0 Å². The highest BCUT2D eigenvalue weighted by atomic mass is 16.5. The zero-order valence-electron chi connectivity index (χ0n) is 8.33. The maximum Gasteiger partial charge on any atom is 0.231 e. The van der Waals surface area contributed by atoms with Gasteiger partial charge in [0, 0.05) is 19.3 Å². The lowest BCUT2D eigenvalue weighted by atomic mass is 10.4. The standard InChI is InChI=1S/C10H12N4O/c1-2-4-14-9(3-1)11-12-10(14)13-5-7-15-8-6-13/h1-4H,5-8H2. The van der Waals surface area contributed by atoms with E-state index in [4.69, 9.17) is 4.74 Å². The van der Waals surface area contributed by atoms with Crippen molar-refractivity contribution in [3.63, 3.8) is 0 Å². The fraction of sp³-hybridized carbons (Fsp3) is 0.400. The van der Waals surface area contributed by atoms with Gasteiger partial charge in [-0.1, -0.05) is 6.07 Å². The lowest BCUT2D eigenvalue weighted by molar-refractivity contribution is 0.122. The number of morpholine rings is 1. The molecule has 1 aliphatic rings. The smallest absolute Gasteiger partial charge is 0.231 e. The quantitative estimate of drug-likeness (QED) is 0.681. The second-order valence-electron chi connectivity index (χ2n) is 3.53. The van der Waals surface area contributed by atoms with Gasteiger partial charge < -0.3 is 9.64 Å². The molecule has 0 spiro atoms. The van der Waals surface area contributed by atoms with Crippen LogP contribution < -0.4 is 4.90 Å². The van der Waals surface area contributed by atoms with E-state index in [0.29, 0.717) is 0 Å². The monoisotopic (exact) mass is 204 g/mol. The Labute approximate surface area is 87.3 Å². The lowest BCUT2D eigenvalue weighted by Crippen LogP contribution is -2.37. The van der Waals surface area contributed by atoms with E-state index in [1.54, 1.807) is 0 Å². The van der Waals surface area contributed by atoms with Crippen LogP contribution in [0.2, 0.25) is 0 Å². The van der Waals surface area contributed by atoms with E-state index in [-0.39, 0.29) is 0 Å². The van der Waals surface area contributed by atoms with E-state index >= 15 is 0 Å². The molecule has 0 bridgehead atoms. The summed E-state index contributed by atoms with van der Waals surface area (Å²) in [6.45, 7) is 3.30. The van der Waals surface area contributed by atoms with Crippen molar-refractivity contribution in [3.8, 4) is 0 Å². The third-order valence-corrected chi connectivity index (χ3v) is 2.59. The van der Waals surface area contributed by atoms with Crippen molar-refractivity contribution in [3.05, 3.63) is 24.4 Å². The Morgan fingerprint density at radius 3 is 2.87 bits per heavy atom. The predicted octanol–water partition coefficient (Wildman–Crippen LogP) is 0.566. The van der Waals surface area contributed by atoms with Crippen molar-refractivity contribution >= 4 is 11.6 Å². The summed E-state index contributed by atoms with van der Waals surface area (Å²) in [7, 11) is 0. The molecule has 0 radical (unpaired) electrons. The van der Waals surface area contributed by atoms with Crippen LogP contribution in [0.3, 0.4) is 0 Å². The van der Waals surface area contributed by atoms with Gasteiger partial charge >= 0.3 is 0 Å². The molecule has 0 N–H and O–H groups in total. The highest BCUT2D eigenvalue weighted by Gasteiger charge is 2.16. The number of rotatable bonds is 1. The molecule has 78 valence electrons. The molecule has 0 atom stereocenters. The van der Waals surface area contributed by atoms with Crippen LogP contribution in [0.5, 0.6) is 0 Å². The summed E-state index contributed by atoms with van der Waals surface area (Å²) in [6.07, 6.45) is 1.99. The molecular weight excluding hydrogens is 192 g/mol. The first-order valence-electron chi connectivity index (χ1n) is 5.07. The van der Waals surface area contributed by atoms with Gasteiger partial charge in [0.15, 0.2) is 5.65 Å². The first-order chi connectivity index (χ1) is 7.45. The Bertz CT molecular complexity index is 461. The SMILES string of the molecule is c1ccn2c(N3CCOCC3)nnc2c1. The molecule has 5 heteroatoms. The van der Waals surface area contributed by atoms with Gasteiger partial charge in [0.2, 0.25) is 5.95 Å². The van der Waals surface area contributed by atoms with Gasteiger partial charge in [-0.05, 0) is 12.1 Å². The molecule has 5 nitrogen and oxygen atoms in total. The molecule has 3 heterocycles. The maximum absolute atomic E-state index is 5.31. The Morgan fingerprint density at radius 1 is 1.13 bits per heavy atom. The van der Waals surface area contributed by atoms with Gasteiger partial charge in [0.1, 0.15) is 0 Å². The molecule has 15 heavy (non-hydrogen) atoms. The zero-order valence-corrected chi connectivity index (χ0v) is 8.33. The number of ether oxygens (including phenoxy) is 1. The van der Waals surface area contributed by atoms with Gasteiger partial charge in [0.25, 0.3) is 0 Å². The summed E-state index contributed by atoms with van der Waals surface area (Å²) in [5.41, 5.74) is 0.888. The second kappa shape index (κ2) is 3.51. The minimum Gasteiger partial charge on any atom is -0.378 e. The van der Waals surface area contributed by atoms with E-state index in [0.717, 1.165) is 37.9 Å². The van der Waals surface area contributed by atoms with Crippen LogP contribution >= 0.6 is 0 Å². The molecule has 2 aromatic heterocycles. The second-order valence-corrected chi connectivity index (χ2v) is 3.53. The van der Waals surface area contributed by atoms with Gasteiger partial charge in [-0.2, -0.15) is 0 Å². The lowest BCUT2D eigenvalue weighted by Gasteiger charge is -2.26. The van der Waals surface area contributed by atoms with E-state index in [2.05, 4.69) is 15.1 Å². The number of pyridine rings is 1. The minimum atomic E-state index is 0.766. The maximum atomic E-state index is 5.31. The third-order valence-electron chi connectivity index (χ3n) is 2.59. The summed E-state index contributed by atoms with van der Waals surface area (Å²) >= 11 is 0. The summed E-state index contributed by atoms with van der Waals surface area (Å²) in [6, 6.07) is 5.91.